The molecule has 1 saturated carbocycles. The molecule has 0 aliphatic heterocycles. The quantitative estimate of drug-likeness (QED) is 0.903. The molecule has 20 heavy (non-hydrogen) atoms. The Hall–Kier alpha value is -1.40. The second kappa shape index (κ2) is 5.18. The van der Waals surface area contributed by atoms with Crippen LogP contribution in [0.5, 0.6) is 0 Å². The van der Waals surface area contributed by atoms with E-state index < -0.39 is 16.0 Å². The first kappa shape index (κ1) is 15.0. The zero-order valence-corrected chi connectivity index (χ0v) is 12.6. The average Bonchev–Trinajstić information content (AvgIpc) is 3.20. The standard InChI is InChI=1S/C14H19NO4S/c1-9-12(14(16)17)5-4-6-13(9)20(18,19)15(3)10(2)11-7-8-11/h4-6,10-11H,7-8H2,1-3H3,(H,16,17). The molecule has 0 saturated heterocycles. The molecule has 1 aromatic rings. The van der Waals surface area contributed by atoms with Crippen LogP contribution in [-0.2, 0) is 10.0 Å². The van der Waals surface area contributed by atoms with Crippen molar-refractivity contribution >= 4 is 16.0 Å². The van der Waals surface area contributed by atoms with Crippen LogP contribution in [0.1, 0.15) is 35.7 Å². The van der Waals surface area contributed by atoms with Gasteiger partial charge in [0.05, 0.1) is 10.5 Å². The monoisotopic (exact) mass is 297 g/mol. The summed E-state index contributed by atoms with van der Waals surface area (Å²) in [6, 6.07) is 4.29. The minimum Gasteiger partial charge on any atom is -0.478 e. The van der Waals surface area contributed by atoms with Crippen LogP contribution in [0.15, 0.2) is 23.1 Å². The first-order valence-corrected chi connectivity index (χ1v) is 8.01. The van der Waals surface area contributed by atoms with E-state index in [1.54, 1.807) is 7.05 Å². The normalized spacial score (nSPS) is 17.2. The fourth-order valence-corrected chi connectivity index (χ4v) is 4.04. The van der Waals surface area contributed by atoms with Crippen LogP contribution in [0.3, 0.4) is 0 Å². The van der Waals surface area contributed by atoms with E-state index in [4.69, 9.17) is 5.11 Å². The summed E-state index contributed by atoms with van der Waals surface area (Å²) in [6.45, 7) is 3.43. The lowest BCUT2D eigenvalue weighted by Gasteiger charge is -2.25. The molecule has 6 heteroatoms. The third-order valence-electron chi connectivity index (χ3n) is 4.05. The van der Waals surface area contributed by atoms with Crippen LogP contribution in [0, 0.1) is 12.8 Å². The second-order valence-corrected chi connectivity index (χ2v) is 7.30. The number of carboxylic acid groups (broad SMARTS) is 1. The summed E-state index contributed by atoms with van der Waals surface area (Å²) in [6.07, 6.45) is 2.10. The van der Waals surface area contributed by atoms with Crippen LogP contribution in [0.25, 0.3) is 0 Å². The number of hydrogen-bond donors (Lipinski definition) is 1. The van der Waals surface area contributed by atoms with Crippen LogP contribution in [-0.4, -0.2) is 36.9 Å². The van der Waals surface area contributed by atoms with E-state index in [0.717, 1.165) is 12.8 Å². The van der Waals surface area contributed by atoms with E-state index in [2.05, 4.69) is 0 Å². The van der Waals surface area contributed by atoms with E-state index in [1.807, 2.05) is 6.92 Å². The van der Waals surface area contributed by atoms with E-state index in [0.29, 0.717) is 5.92 Å². The number of sulfonamides is 1. The molecule has 2 rings (SSSR count). The third-order valence-corrected chi connectivity index (χ3v) is 6.14. The largest absolute Gasteiger partial charge is 0.478 e. The van der Waals surface area contributed by atoms with Gasteiger partial charge in [-0.25, -0.2) is 13.2 Å². The highest BCUT2D eigenvalue weighted by Crippen LogP contribution is 2.36. The van der Waals surface area contributed by atoms with Crippen molar-refractivity contribution in [2.45, 2.75) is 37.6 Å². The number of nitrogens with zero attached hydrogens (tertiary/aromatic N) is 1. The smallest absolute Gasteiger partial charge is 0.335 e. The molecule has 1 unspecified atom stereocenters. The predicted octanol–water partition coefficient (Wildman–Crippen LogP) is 2.11. The fraction of sp³-hybridized carbons (Fsp3) is 0.500. The van der Waals surface area contributed by atoms with Crippen LogP contribution in [0.4, 0.5) is 0 Å². The molecule has 1 atom stereocenters. The van der Waals surface area contributed by atoms with Crippen molar-refractivity contribution < 1.29 is 18.3 Å². The number of aromatic carboxylic acids is 1. The lowest BCUT2D eigenvalue weighted by Crippen LogP contribution is -2.36. The highest BCUT2D eigenvalue weighted by atomic mass is 32.2. The molecule has 0 spiro atoms. The van der Waals surface area contributed by atoms with Crippen LogP contribution in [0.2, 0.25) is 0 Å². The summed E-state index contributed by atoms with van der Waals surface area (Å²) in [4.78, 5) is 11.2. The number of carboxylic acids is 1. The summed E-state index contributed by atoms with van der Waals surface area (Å²) in [5.41, 5.74) is 0.313. The van der Waals surface area contributed by atoms with Gasteiger partial charge in [-0.05, 0) is 50.3 Å². The van der Waals surface area contributed by atoms with Gasteiger partial charge in [0.2, 0.25) is 10.0 Å². The zero-order valence-electron chi connectivity index (χ0n) is 11.8. The summed E-state index contributed by atoms with van der Waals surface area (Å²) in [7, 11) is -2.10. The molecule has 0 bridgehead atoms. The molecular formula is C14H19NO4S. The van der Waals surface area contributed by atoms with E-state index in [9.17, 15) is 13.2 Å². The van der Waals surface area contributed by atoms with Gasteiger partial charge >= 0.3 is 5.97 Å². The Morgan fingerprint density at radius 1 is 1.40 bits per heavy atom. The molecule has 0 aromatic heterocycles. The highest BCUT2D eigenvalue weighted by Gasteiger charge is 2.36. The lowest BCUT2D eigenvalue weighted by atomic mass is 10.1. The van der Waals surface area contributed by atoms with Crippen molar-refractivity contribution in [2.24, 2.45) is 5.92 Å². The lowest BCUT2D eigenvalue weighted by molar-refractivity contribution is 0.0696. The van der Waals surface area contributed by atoms with Crippen molar-refractivity contribution in [3.63, 3.8) is 0 Å². The molecule has 1 aromatic carbocycles. The Morgan fingerprint density at radius 2 is 2.00 bits per heavy atom. The van der Waals surface area contributed by atoms with Crippen molar-refractivity contribution in [1.29, 1.82) is 0 Å². The van der Waals surface area contributed by atoms with Gasteiger partial charge in [0.1, 0.15) is 0 Å². The molecule has 0 heterocycles. The minimum atomic E-state index is -3.66. The average molecular weight is 297 g/mol. The van der Waals surface area contributed by atoms with Crippen LogP contribution < -0.4 is 0 Å². The van der Waals surface area contributed by atoms with Gasteiger partial charge in [0.15, 0.2) is 0 Å². The van der Waals surface area contributed by atoms with Crippen molar-refractivity contribution in [2.75, 3.05) is 7.05 Å². The van der Waals surface area contributed by atoms with Gasteiger partial charge in [-0.3, -0.25) is 0 Å². The van der Waals surface area contributed by atoms with Crippen LogP contribution >= 0.6 is 0 Å². The van der Waals surface area contributed by atoms with E-state index in [-0.39, 0.29) is 22.1 Å². The van der Waals surface area contributed by atoms with E-state index in [1.165, 1.54) is 29.4 Å². The molecule has 1 N–H and O–H groups in total. The Balaban J connectivity index is 2.43. The van der Waals surface area contributed by atoms with Gasteiger partial charge < -0.3 is 5.11 Å². The molecule has 0 radical (unpaired) electrons. The number of carbonyl (C=O) groups is 1. The zero-order chi connectivity index (χ0) is 15.1. The Kier molecular flexibility index (Phi) is 3.88. The third kappa shape index (κ3) is 2.58. The number of benzene rings is 1. The summed E-state index contributed by atoms with van der Waals surface area (Å²) in [5.74, 6) is -0.699. The van der Waals surface area contributed by atoms with Gasteiger partial charge in [0, 0.05) is 13.1 Å². The molecule has 110 valence electrons. The van der Waals surface area contributed by atoms with Gasteiger partial charge in [-0.15, -0.1) is 0 Å². The molecule has 1 aliphatic rings. The molecule has 1 fully saturated rings. The maximum absolute atomic E-state index is 12.6. The van der Waals surface area contributed by atoms with Crippen molar-refractivity contribution in [3.05, 3.63) is 29.3 Å². The summed E-state index contributed by atoms with van der Waals surface area (Å²) >= 11 is 0. The fourth-order valence-electron chi connectivity index (χ4n) is 2.38. The van der Waals surface area contributed by atoms with Gasteiger partial charge in [-0.1, -0.05) is 6.07 Å². The van der Waals surface area contributed by atoms with Gasteiger partial charge in [-0.2, -0.15) is 4.31 Å². The molecule has 5 nitrogen and oxygen atoms in total. The van der Waals surface area contributed by atoms with Crippen molar-refractivity contribution in [3.8, 4) is 0 Å². The van der Waals surface area contributed by atoms with Gasteiger partial charge in [0.25, 0.3) is 0 Å². The summed E-state index contributed by atoms with van der Waals surface area (Å²) in [5, 5.41) is 9.09. The van der Waals surface area contributed by atoms with Crippen molar-refractivity contribution in [1.82, 2.24) is 4.31 Å². The molecule has 1 aliphatic carbocycles. The molecule has 0 amide bonds. The number of rotatable bonds is 5. The highest BCUT2D eigenvalue weighted by molar-refractivity contribution is 7.89. The number of hydrogen-bond acceptors (Lipinski definition) is 3. The van der Waals surface area contributed by atoms with E-state index >= 15 is 0 Å². The maximum atomic E-state index is 12.6. The predicted molar refractivity (Wildman–Crippen MR) is 75.3 cm³/mol. The molecular weight excluding hydrogens is 278 g/mol. The Bertz CT molecular complexity index is 635. The topological polar surface area (TPSA) is 74.7 Å². The Morgan fingerprint density at radius 3 is 2.50 bits per heavy atom. The first-order valence-electron chi connectivity index (χ1n) is 6.57. The minimum absolute atomic E-state index is 0.0264. The Labute approximate surface area is 119 Å². The second-order valence-electron chi connectivity index (χ2n) is 5.33. The SMILES string of the molecule is Cc1c(C(=O)O)cccc1S(=O)(=O)N(C)C(C)C1CC1. The summed E-state index contributed by atoms with van der Waals surface area (Å²) < 4.78 is 26.6. The maximum Gasteiger partial charge on any atom is 0.335 e. The first-order chi connectivity index (χ1) is 9.26.